The Balaban J connectivity index is 1.94. The van der Waals surface area contributed by atoms with Crippen molar-refractivity contribution in [2.45, 2.75) is 57.7 Å². The first-order valence-corrected chi connectivity index (χ1v) is 12.1. The molecule has 0 radical (unpaired) electrons. The molecule has 0 unspecified atom stereocenters. The van der Waals surface area contributed by atoms with Gasteiger partial charge in [0.25, 0.3) is 0 Å². The van der Waals surface area contributed by atoms with Crippen molar-refractivity contribution in [3.8, 4) is 17.2 Å². The Morgan fingerprint density at radius 3 is 2.23 bits per heavy atom. The molecule has 0 saturated carbocycles. The van der Waals surface area contributed by atoms with Crippen LogP contribution in [0.3, 0.4) is 0 Å². The van der Waals surface area contributed by atoms with Gasteiger partial charge in [0.05, 0.1) is 24.8 Å². The summed E-state index contributed by atoms with van der Waals surface area (Å²) in [4.78, 5) is 37.8. The molecule has 4 N–H and O–H groups in total. The summed E-state index contributed by atoms with van der Waals surface area (Å²) in [6.45, 7) is 5.70. The predicted octanol–water partition coefficient (Wildman–Crippen LogP) is 1.76. The number of benzene rings is 2. The molecule has 2 aliphatic rings. The maximum absolute atomic E-state index is 13.5. The van der Waals surface area contributed by atoms with Gasteiger partial charge >= 0.3 is 11.9 Å². The van der Waals surface area contributed by atoms with Crippen LogP contribution in [0.4, 0.5) is 0 Å². The third-order valence-electron chi connectivity index (χ3n) is 6.71. The van der Waals surface area contributed by atoms with Gasteiger partial charge in [0, 0.05) is 30.2 Å². The monoisotopic (exact) mass is 542 g/mol. The lowest BCUT2D eigenvalue weighted by atomic mass is 9.68. The van der Waals surface area contributed by atoms with E-state index in [1.54, 1.807) is 20.8 Å². The van der Waals surface area contributed by atoms with E-state index in [4.69, 9.17) is 18.9 Å². The van der Waals surface area contributed by atoms with Crippen LogP contribution >= 0.6 is 0 Å². The highest BCUT2D eigenvalue weighted by molar-refractivity contribution is 6.16. The molecule has 2 aromatic carbocycles. The van der Waals surface area contributed by atoms with Crippen LogP contribution in [0.5, 0.6) is 17.2 Å². The lowest BCUT2D eigenvalue weighted by Crippen LogP contribution is -2.63. The lowest BCUT2D eigenvalue weighted by molar-refractivity contribution is -0.243. The maximum atomic E-state index is 13.5. The molecule has 39 heavy (non-hydrogen) atoms. The van der Waals surface area contributed by atoms with Gasteiger partial charge in [-0.15, -0.1) is 0 Å². The number of aromatic hydroxyl groups is 2. The van der Waals surface area contributed by atoms with Gasteiger partial charge in [-0.2, -0.15) is 0 Å². The molecule has 1 saturated heterocycles. The van der Waals surface area contributed by atoms with Crippen molar-refractivity contribution in [1.82, 2.24) is 0 Å². The van der Waals surface area contributed by atoms with E-state index in [1.165, 1.54) is 37.5 Å². The van der Waals surface area contributed by atoms with E-state index >= 15 is 0 Å². The van der Waals surface area contributed by atoms with Crippen molar-refractivity contribution in [3.63, 3.8) is 0 Å². The van der Waals surface area contributed by atoms with Crippen molar-refractivity contribution in [2.24, 2.45) is 0 Å². The van der Waals surface area contributed by atoms with Crippen LogP contribution in [-0.2, 0) is 29.4 Å². The van der Waals surface area contributed by atoms with Crippen LogP contribution in [0.25, 0.3) is 0 Å². The second-order valence-corrected chi connectivity index (χ2v) is 9.89. The van der Waals surface area contributed by atoms with Crippen molar-refractivity contribution in [1.29, 1.82) is 0 Å². The summed E-state index contributed by atoms with van der Waals surface area (Å²) in [5.41, 5.74) is -2.19. The SMILES string of the molecule is COc1cc(O)c2c(c1)[C@](O)([C@H]1OC[C@H](OC(C)=O)[C@H](OC(=O)C=C(C)C)[C@H]1O)c1cc(C)cc(O)c1C2=O. The van der Waals surface area contributed by atoms with Crippen LogP contribution in [0, 0.1) is 6.92 Å². The number of fused-ring (bicyclic) bond motifs is 2. The summed E-state index contributed by atoms with van der Waals surface area (Å²) in [7, 11) is 1.32. The minimum absolute atomic E-state index is 0.0902. The number of esters is 2. The van der Waals surface area contributed by atoms with E-state index in [0.29, 0.717) is 11.1 Å². The van der Waals surface area contributed by atoms with E-state index in [-0.39, 0.29) is 28.0 Å². The van der Waals surface area contributed by atoms with Gasteiger partial charge in [0.15, 0.2) is 12.2 Å². The van der Waals surface area contributed by atoms with Crippen molar-refractivity contribution in [3.05, 3.63) is 63.7 Å². The average molecular weight is 543 g/mol. The van der Waals surface area contributed by atoms with E-state index < -0.39 is 65.8 Å². The minimum Gasteiger partial charge on any atom is -0.507 e. The first-order valence-electron chi connectivity index (χ1n) is 12.1. The van der Waals surface area contributed by atoms with Gasteiger partial charge in [-0.3, -0.25) is 9.59 Å². The molecule has 1 fully saturated rings. The number of allylic oxidation sites excluding steroid dienone is 1. The second-order valence-electron chi connectivity index (χ2n) is 9.89. The Bertz CT molecular complexity index is 1370. The van der Waals surface area contributed by atoms with Gasteiger partial charge in [-0.1, -0.05) is 11.6 Å². The van der Waals surface area contributed by atoms with E-state index in [0.717, 1.165) is 6.92 Å². The molecule has 208 valence electrons. The minimum atomic E-state index is -2.38. The second kappa shape index (κ2) is 10.3. The molecule has 1 aliphatic heterocycles. The van der Waals surface area contributed by atoms with E-state index in [9.17, 15) is 34.8 Å². The highest BCUT2D eigenvalue weighted by Crippen LogP contribution is 2.51. The number of carbonyl (C=O) groups is 3. The highest BCUT2D eigenvalue weighted by Gasteiger charge is 2.58. The summed E-state index contributed by atoms with van der Waals surface area (Å²) in [6, 6.07) is 5.26. The van der Waals surface area contributed by atoms with Crippen molar-refractivity contribution >= 4 is 17.7 Å². The van der Waals surface area contributed by atoms with Gasteiger partial charge < -0.3 is 39.4 Å². The molecule has 11 nitrogen and oxygen atoms in total. The fourth-order valence-corrected chi connectivity index (χ4v) is 5.16. The molecule has 2 aromatic rings. The lowest BCUT2D eigenvalue weighted by Gasteiger charge is -2.48. The number of hydrogen-bond acceptors (Lipinski definition) is 11. The Morgan fingerprint density at radius 1 is 1.03 bits per heavy atom. The predicted molar refractivity (Wildman–Crippen MR) is 135 cm³/mol. The fourth-order valence-electron chi connectivity index (χ4n) is 5.16. The van der Waals surface area contributed by atoms with Crippen LogP contribution in [0.2, 0.25) is 0 Å². The third kappa shape index (κ3) is 4.84. The molecule has 4 rings (SSSR count). The Kier molecular flexibility index (Phi) is 7.44. The first-order chi connectivity index (χ1) is 18.3. The molecule has 0 amide bonds. The summed E-state index contributed by atoms with van der Waals surface area (Å²) in [5.74, 6) is -3.21. The Labute approximate surface area is 224 Å². The van der Waals surface area contributed by atoms with Gasteiger partial charge in [0.2, 0.25) is 5.78 Å². The van der Waals surface area contributed by atoms with Crippen LogP contribution in [0.15, 0.2) is 35.9 Å². The number of carbonyl (C=O) groups excluding carboxylic acids is 3. The van der Waals surface area contributed by atoms with Crippen LogP contribution < -0.4 is 4.74 Å². The van der Waals surface area contributed by atoms with Gasteiger partial charge in [0.1, 0.15) is 35.1 Å². The zero-order chi connectivity index (χ0) is 28.8. The third-order valence-corrected chi connectivity index (χ3v) is 6.71. The first kappa shape index (κ1) is 28.1. The summed E-state index contributed by atoms with van der Waals surface area (Å²) >= 11 is 0. The number of phenols is 2. The van der Waals surface area contributed by atoms with E-state index in [1.807, 2.05) is 0 Å². The zero-order valence-corrected chi connectivity index (χ0v) is 22.0. The molecule has 11 heteroatoms. The number of rotatable bonds is 5. The van der Waals surface area contributed by atoms with E-state index in [2.05, 4.69) is 0 Å². The zero-order valence-electron chi connectivity index (χ0n) is 22.0. The van der Waals surface area contributed by atoms with Crippen LogP contribution in [-0.4, -0.2) is 76.3 Å². The number of ketones is 1. The van der Waals surface area contributed by atoms with Crippen molar-refractivity contribution in [2.75, 3.05) is 13.7 Å². The quantitative estimate of drug-likeness (QED) is 0.321. The number of aliphatic hydroxyl groups excluding tert-OH is 1. The van der Waals surface area contributed by atoms with Gasteiger partial charge in [-0.25, -0.2) is 4.79 Å². The molecular formula is C28H30O11. The molecule has 1 aliphatic carbocycles. The van der Waals surface area contributed by atoms with Gasteiger partial charge in [-0.05, 0) is 38.5 Å². The molecule has 5 atom stereocenters. The number of methoxy groups -OCH3 is 1. The highest BCUT2D eigenvalue weighted by atomic mass is 16.6. The fraction of sp³-hybridized carbons (Fsp3) is 0.393. The normalized spacial score (nSPS) is 25.7. The Hall–Kier alpha value is -3.93. The number of ether oxygens (including phenoxy) is 4. The average Bonchev–Trinajstić information content (AvgIpc) is 2.83. The topological polar surface area (TPSA) is 169 Å². The molecule has 1 heterocycles. The number of hydrogen-bond donors (Lipinski definition) is 4. The summed E-state index contributed by atoms with van der Waals surface area (Å²) in [6.07, 6.45) is -4.97. The summed E-state index contributed by atoms with van der Waals surface area (Å²) in [5, 5.41) is 45.5. The number of aliphatic hydroxyl groups is 2. The number of aryl methyl sites for hydroxylation is 1. The standard InChI is InChI=1S/C28H30O11/c1-12(2)6-21(32)39-26-20(38-14(4)29)11-37-27(25(26)34)28(35)16-7-13(3)8-18(30)22(16)24(33)23-17(28)9-15(36-5)10-19(23)31/h6-10,20,25-27,30-31,34-35H,11H2,1-5H3/t20-,25+,26-,27-,28-/m0/s1. The Morgan fingerprint density at radius 2 is 1.64 bits per heavy atom. The van der Waals surface area contributed by atoms with Crippen LogP contribution in [0.1, 0.15) is 53.4 Å². The summed E-state index contributed by atoms with van der Waals surface area (Å²) < 4.78 is 21.8. The van der Waals surface area contributed by atoms with Crippen molar-refractivity contribution < 1.29 is 53.8 Å². The number of phenolic OH excluding ortho intramolecular Hbond substituents is 2. The molecule has 0 spiro atoms. The molecule has 0 aromatic heterocycles. The largest absolute Gasteiger partial charge is 0.507 e. The molecular weight excluding hydrogens is 512 g/mol. The molecule has 0 bridgehead atoms. The smallest absolute Gasteiger partial charge is 0.331 e. The maximum Gasteiger partial charge on any atom is 0.331 e.